The maximum atomic E-state index is 13.0. The van der Waals surface area contributed by atoms with Crippen LogP contribution in [0.25, 0.3) is 0 Å². The Morgan fingerprint density at radius 1 is 1.10 bits per heavy atom. The van der Waals surface area contributed by atoms with Crippen LogP contribution in [-0.4, -0.2) is 53.0 Å². The SMILES string of the molecule is C#C.C/C(Br)=C\N.C/C=C(/C)CC(c1ccc(O)cc1CC)C1CCN(C(=O)CC2CCN(C(N)=O)CC2)CC1. The molecule has 1 unspecified atom stereocenters. The molecule has 0 aromatic heterocycles. The molecule has 8 heteroatoms. The summed E-state index contributed by atoms with van der Waals surface area (Å²) in [6.45, 7) is 11.3. The summed E-state index contributed by atoms with van der Waals surface area (Å²) in [6.07, 6.45) is 17.9. The molecule has 1 aromatic rings. The molecule has 0 aliphatic carbocycles. The molecular formula is C32H49BrN4O3. The third-order valence-corrected chi connectivity index (χ3v) is 8.29. The van der Waals surface area contributed by atoms with E-state index < -0.39 is 0 Å². The zero-order chi connectivity index (χ0) is 30.2. The number of terminal acetylenes is 1. The van der Waals surface area contributed by atoms with Gasteiger partial charge in [0.25, 0.3) is 0 Å². The highest BCUT2D eigenvalue weighted by Gasteiger charge is 2.32. The lowest BCUT2D eigenvalue weighted by Gasteiger charge is -2.38. The fraction of sp³-hybridized carbons (Fsp3) is 0.562. The van der Waals surface area contributed by atoms with Crippen LogP contribution in [0, 0.1) is 24.7 Å². The van der Waals surface area contributed by atoms with Crippen molar-refractivity contribution in [2.75, 3.05) is 26.2 Å². The van der Waals surface area contributed by atoms with Gasteiger partial charge in [0.1, 0.15) is 5.75 Å². The normalized spacial score (nSPS) is 17.7. The van der Waals surface area contributed by atoms with E-state index in [0.717, 1.165) is 56.1 Å². The summed E-state index contributed by atoms with van der Waals surface area (Å²) in [4.78, 5) is 28.0. The first-order valence-electron chi connectivity index (χ1n) is 14.2. The van der Waals surface area contributed by atoms with Crippen molar-refractivity contribution in [3.63, 3.8) is 0 Å². The molecule has 2 heterocycles. The molecular weight excluding hydrogens is 568 g/mol. The molecule has 2 saturated heterocycles. The summed E-state index contributed by atoms with van der Waals surface area (Å²) in [6, 6.07) is 5.48. The Balaban J connectivity index is 0.00000103. The van der Waals surface area contributed by atoms with Gasteiger partial charge in [-0.2, -0.15) is 0 Å². The summed E-state index contributed by atoms with van der Waals surface area (Å²) >= 11 is 3.11. The zero-order valence-electron chi connectivity index (χ0n) is 24.7. The number of amides is 3. The van der Waals surface area contributed by atoms with Gasteiger partial charge in [0.15, 0.2) is 0 Å². The first-order valence-corrected chi connectivity index (χ1v) is 15.0. The number of allylic oxidation sites excluding steroid dienone is 3. The molecule has 0 spiro atoms. The quantitative estimate of drug-likeness (QED) is 0.248. The monoisotopic (exact) mass is 616 g/mol. The van der Waals surface area contributed by atoms with Crippen molar-refractivity contribution in [3.05, 3.63) is 51.7 Å². The predicted octanol–water partition coefficient (Wildman–Crippen LogP) is 6.26. The minimum Gasteiger partial charge on any atom is -0.508 e. The zero-order valence-corrected chi connectivity index (χ0v) is 26.3. The van der Waals surface area contributed by atoms with Crippen LogP contribution in [0.2, 0.25) is 0 Å². The topological polar surface area (TPSA) is 113 Å². The van der Waals surface area contributed by atoms with Crippen LogP contribution < -0.4 is 11.5 Å². The molecule has 222 valence electrons. The standard InChI is InChI=1S/C27H41N3O3.C3H6BrN.C2H2/c1-4-19(3)16-25(24-7-6-23(31)18-21(24)5-2)22-10-14-29(15-11-22)26(32)17-20-8-12-30(13-9-20)27(28)33;1-3(4)2-5;1-2/h4,6-7,18,20,22,25,31H,5,8-17H2,1-3H3,(H2,28,33);2H,5H2,1H3;1-2H/b19-4-;3-2+;. The van der Waals surface area contributed by atoms with Gasteiger partial charge < -0.3 is 26.4 Å². The number of carbonyl (C=O) groups is 2. The highest BCUT2D eigenvalue weighted by atomic mass is 79.9. The number of aryl methyl sites for hydroxylation is 1. The summed E-state index contributed by atoms with van der Waals surface area (Å²) < 4.78 is 0.970. The van der Waals surface area contributed by atoms with E-state index >= 15 is 0 Å². The van der Waals surface area contributed by atoms with Crippen LogP contribution in [0.1, 0.15) is 83.3 Å². The number of hydrogen-bond donors (Lipinski definition) is 3. The number of rotatable bonds is 7. The second-order valence-corrected chi connectivity index (χ2v) is 11.9. The first kappa shape index (κ1) is 35.1. The lowest BCUT2D eigenvalue weighted by Crippen LogP contribution is -2.44. The van der Waals surface area contributed by atoms with Crippen molar-refractivity contribution >= 4 is 27.9 Å². The molecule has 40 heavy (non-hydrogen) atoms. The van der Waals surface area contributed by atoms with E-state index in [1.807, 2.05) is 24.0 Å². The van der Waals surface area contributed by atoms with Gasteiger partial charge in [-0.25, -0.2) is 4.79 Å². The van der Waals surface area contributed by atoms with Crippen LogP contribution in [0.4, 0.5) is 4.79 Å². The fourth-order valence-corrected chi connectivity index (χ4v) is 5.54. The average molecular weight is 618 g/mol. The Hall–Kier alpha value is -2.92. The molecule has 1 aromatic carbocycles. The molecule has 0 bridgehead atoms. The van der Waals surface area contributed by atoms with E-state index in [4.69, 9.17) is 11.5 Å². The predicted molar refractivity (Wildman–Crippen MR) is 169 cm³/mol. The lowest BCUT2D eigenvalue weighted by atomic mass is 9.75. The van der Waals surface area contributed by atoms with Gasteiger partial charge in [0.2, 0.25) is 5.91 Å². The molecule has 1 atom stereocenters. The van der Waals surface area contributed by atoms with Gasteiger partial charge in [-0.1, -0.05) is 40.6 Å². The Labute approximate surface area is 250 Å². The largest absolute Gasteiger partial charge is 0.508 e. The molecule has 3 amide bonds. The van der Waals surface area contributed by atoms with E-state index in [2.05, 4.69) is 61.7 Å². The summed E-state index contributed by atoms with van der Waals surface area (Å²) in [5.74, 6) is 1.87. The van der Waals surface area contributed by atoms with Crippen LogP contribution >= 0.6 is 15.9 Å². The molecule has 5 N–H and O–H groups in total. The Morgan fingerprint density at radius 3 is 2.12 bits per heavy atom. The Kier molecular flexibility index (Phi) is 16.2. The van der Waals surface area contributed by atoms with Gasteiger partial charge in [0.05, 0.1) is 0 Å². The van der Waals surface area contributed by atoms with E-state index in [1.54, 1.807) is 4.90 Å². The van der Waals surface area contributed by atoms with Crippen molar-refractivity contribution in [2.45, 2.75) is 78.6 Å². The number of hydrogen-bond acceptors (Lipinski definition) is 4. The van der Waals surface area contributed by atoms with E-state index in [-0.39, 0.29) is 11.9 Å². The third-order valence-electron chi connectivity index (χ3n) is 8.02. The van der Waals surface area contributed by atoms with Crippen molar-refractivity contribution in [2.24, 2.45) is 23.3 Å². The molecule has 2 aliphatic heterocycles. The van der Waals surface area contributed by atoms with Crippen molar-refractivity contribution in [3.8, 4) is 18.6 Å². The van der Waals surface area contributed by atoms with E-state index in [1.165, 1.54) is 22.9 Å². The highest BCUT2D eigenvalue weighted by Crippen LogP contribution is 2.40. The highest BCUT2D eigenvalue weighted by molar-refractivity contribution is 9.11. The number of aromatic hydroxyl groups is 1. The molecule has 0 saturated carbocycles. The first-order chi connectivity index (χ1) is 19.1. The number of phenolic OH excluding ortho intramolecular Hbond substituents is 1. The molecule has 0 radical (unpaired) electrons. The maximum Gasteiger partial charge on any atom is 0.314 e. The number of benzene rings is 1. The second-order valence-electron chi connectivity index (χ2n) is 10.6. The minimum atomic E-state index is -0.357. The fourth-order valence-electron chi connectivity index (χ4n) is 5.54. The van der Waals surface area contributed by atoms with Gasteiger partial charge >= 0.3 is 6.03 Å². The molecule has 2 aliphatic rings. The number of phenols is 1. The van der Waals surface area contributed by atoms with Crippen LogP contribution in [0.5, 0.6) is 5.75 Å². The molecule has 3 rings (SSSR count). The number of halogens is 1. The van der Waals surface area contributed by atoms with Gasteiger partial charge in [-0.3, -0.25) is 4.79 Å². The summed E-state index contributed by atoms with van der Waals surface area (Å²) in [5.41, 5.74) is 14.3. The van der Waals surface area contributed by atoms with Gasteiger partial charge in [0, 0.05) is 43.3 Å². The number of primary amides is 1. The maximum absolute atomic E-state index is 13.0. The number of nitrogens with zero attached hydrogens (tertiary/aromatic N) is 2. The van der Waals surface area contributed by atoms with Crippen LogP contribution in [0.15, 0.2) is 40.5 Å². The Bertz CT molecular complexity index is 1020. The van der Waals surface area contributed by atoms with Crippen LogP contribution in [0.3, 0.4) is 0 Å². The second kappa shape index (κ2) is 18.4. The van der Waals surface area contributed by atoms with E-state index in [9.17, 15) is 14.7 Å². The average Bonchev–Trinajstić information content (AvgIpc) is 2.97. The van der Waals surface area contributed by atoms with Crippen molar-refractivity contribution < 1.29 is 14.7 Å². The van der Waals surface area contributed by atoms with Crippen LogP contribution in [-0.2, 0) is 11.2 Å². The van der Waals surface area contributed by atoms with Crippen molar-refractivity contribution in [1.82, 2.24) is 9.80 Å². The van der Waals surface area contributed by atoms with Gasteiger partial charge in [-0.05, 0) is 100 Å². The number of likely N-dealkylation sites (tertiary alicyclic amines) is 2. The molecule has 7 nitrogen and oxygen atoms in total. The summed E-state index contributed by atoms with van der Waals surface area (Å²) in [7, 11) is 0. The van der Waals surface area contributed by atoms with Crippen molar-refractivity contribution in [1.29, 1.82) is 0 Å². The van der Waals surface area contributed by atoms with E-state index in [0.29, 0.717) is 43.0 Å². The minimum absolute atomic E-state index is 0.256. The number of urea groups is 1. The Morgan fingerprint density at radius 2 is 1.65 bits per heavy atom. The third kappa shape index (κ3) is 11.3. The lowest BCUT2D eigenvalue weighted by molar-refractivity contribution is -0.134. The number of carbonyl (C=O) groups excluding carboxylic acids is 2. The number of piperidine rings is 2. The smallest absolute Gasteiger partial charge is 0.314 e. The number of nitrogens with two attached hydrogens (primary N) is 2. The molecule has 2 fully saturated rings. The van der Waals surface area contributed by atoms with Gasteiger partial charge in [-0.15, -0.1) is 12.8 Å². The summed E-state index contributed by atoms with van der Waals surface area (Å²) in [5, 5.41) is 9.98.